The highest BCUT2D eigenvalue weighted by molar-refractivity contribution is 5.93. The topological polar surface area (TPSA) is 83.3 Å². The van der Waals surface area contributed by atoms with E-state index >= 15 is 0 Å². The van der Waals surface area contributed by atoms with Gasteiger partial charge in [0.15, 0.2) is 11.6 Å². The predicted molar refractivity (Wildman–Crippen MR) is 123 cm³/mol. The normalized spacial score (nSPS) is 26.0. The fourth-order valence-electron chi connectivity index (χ4n) is 5.50. The summed E-state index contributed by atoms with van der Waals surface area (Å²) in [7, 11) is 0. The van der Waals surface area contributed by atoms with Crippen molar-refractivity contribution < 1.29 is 4.74 Å². The number of morpholine rings is 1. The molecule has 1 aliphatic carbocycles. The molecule has 1 saturated heterocycles. The fraction of sp³-hybridized carbons (Fsp3) is 0.500. The molecular formula is C24H30N6O. The lowest BCUT2D eigenvalue weighted by molar-refractivity contribution is 0.0932. The van der Waals surface area contributed by atoms with Crippen LogP contribution >= 0.6 is 0 Å². The zero-order valence-corrected chi connectivity index (χ0v) is 17.8. The van der Waals surface area contributed by atoms with E-state index in [1.165, 1.54) is 12.8 Å². The lowest BCUT2D eigenvalue weighted by atomic mass is 9.86. The molecule has 2 aliphatic heterocycles. The van der Waals surface area contributed by atoms with Gasteiger partial charge in [0, 0.05) is 48.3 Å². The van der Waals surface area contributed by atoms with Gasteiger partial charge in [0.2, 0.25) is 0 Å². The summed E-state index contributed by atoms with van der Waals surface area (Å²) in [5.74, 6) is 2.54. The number of rotatable bonds is 3. The maximum atomic E-state index is 6.14. The number of nitrogens with zero attached hydrogens (tertiary/aromatic N) is 4. The second-order valence-electron chi connectivity index (χ2n) is 9.25. The Morgan fingerprint density at radius 3 is 2.97 bits per heavy atom. The number of aromatic amines is 1. The van der Waals surface area contributed by atoms with Gasteiger partial charge in [-0.15, -0.1) is 0 Å². The minimum atomic E-state index is 0.345. The Hall–Kier alpha value is -2.64. The standard InChI is InChI=1S/C24H30N6O/c25-17-6-4-16(5-7-17)13-29-14-18-15-31-11-10-30(18)24-22(29)12-27-23(28-24)20-2-1-3-21-19(20)8-9-26-21/h1-3,8-9,12,16-18,26H,4-7,10-11,13-15,25H2/t16?,17?,18-/m1/s1. The van der Waals surface area contributed by atoms with Crippen LogP contribution in [0.3, 0.4) is 0 Å². The highest BCUT2D eigenvalue weighted by Crippen LogP contribution is 2.38. The van der Waals surface area contributed by atoms with Gasteiger partial charge < -0.3 is 25.3 Å². The number of aromatic nitrogens is 3. The second-order valence-corrected chi connectivity index (χ2v) is 9.25. The highest BCUT2D eigenvalue weighted by atomic mass is 16.5. The molecule has 3 N–H and O–H groups in total. The van der Waals surface area contributed by atoms with Crippen LogP contribution in [0.4, 0.5) is 11.5 Å². The van der Waals surface area contributed by atoms with Crippen LogP contribution in [0.25, 0.3) is 22.3 Å². The maximum absolute atomic E-state index is 6.14. The van der Waals surface area contributed by atoms with E-state index < -0.39 is 0 Å². The molecule has 0 spiro atoms. The number of ether oxygens (including phenoxy) is 1. The van der Waals surface area contributed by atoms with Gasteiger partial charge in [0.05, 0.1) is 31.1 Å². The van der Waals surface area contributed by atoms with E-state index in [1.54, 1.807) is 0 Å². The van der Waals surface area contributed by atoms with Gasteiger partial charge in [0.25, 0.3) is 0 Å². The van der Waals surface area contributed by atoms with Crippen molar-refractivity contribution in [2.75, 3.05) is 42.6 Å². The third-order valence-corrected chi connectivity index (χ3v) is 7.23. The highest BCUT2D eigenvalue weighted by Gasteiger charge is 2.36. The minimum absolute atomic E-state index is 0.345. The van der Waals surface area contributed by atoms with E-state index in [-0.39, 0.29) is 0 Å². The number of hydrogen-bond donors (Lipinski definition) is 2. The molecule has 3 aromatic rings. The molecule has 2 fully saturated rings. The van der Waals surface area contributed by atoms with Gasteiger partial charge in [-0.25, -0.2) is 9.97 Å². The van der Waals surface area contributed by atoms with Crippen LogP contribution in [0.2, 0.25) is 0 Å². The van der Waals surface area contributed by atoms with Gasteiger partial charge >= 0.3 is 0 Å². The molecule has 1 saturated carbocycles. The van der Waals surface area contributed by atoms with Gasteiger partial charge in [0.1, 0.15) is 0 Å². The number of fused-ring (bicyclic) bond motifs is 4. The molecule has 0 unspecified atom stereocenters. The Labute approximate surface area is 182 Å². The average molecular weight is 419 g/mol. The number of nitrogens with one attached hydrogen (secondary N) is 1. The summed E-state index contributed by atoms with van der Waals surface area (Å²) >= 11 is 0. The van der Waals surface area contributed by atoms with Crippen molar-refractivity contribution in [3.63, 3.8) is 0 Å². The summed E-state index contributed by atoms with van der Waals surface area (Å²) < 4.78 is 5.84. The quantitative estimate of drug-likeness (QED) is 0.680. The first-order valence-corrected chi connectivity index (χ1v) is 11.5. The lowest BCUT2D eigenvalue weighted by Crippen LogP contribution is -2.56. The van der Waals surface area contributed by atoms with Crippen molar-refractivity contribution >= 4 is 22.4 Å². The number of anilines is 2. The third-order valence-electron chi connectivity index (χ3n) is 7.23. The molecule has 3 aliphatic rings. The van der Waals surface area contributed by atoms with Gasteiger partial charge in [-0.2, -0.15) is 0 Å². The van der Waals surface area contributed by atoms with E-state index in [1.807, 2.05) is 12.4 Å². The van der Waals surface area contributed by atoms with E-state index in [9.17, 15) is 0 Å². The Balaban J connectivity index is 1.37. The number of benzene rings is 1. The summed E-state index contributed by atoms with van der Waals surface area (Å²) in [5, 5.41) is 1.16. The van der Waals surface area contributed by atoms with Crippen LogP contribution in [0, 0.1) is 5.92 Å². The summed E-state index contributed by atoms with van der Waals surface area (Å²) in [6, 6.07) is 9.10. The average Bonchev–Trinajstić information content (AvgIpc) is 3.29. The van der Waals surface area contributed by atoms with Crippen molar-refractivity contribution in [1.82, 2.24) is 15.0 Å². The van der Waals surface area contributed by atoms with Crippen molar-refractivity contribution in [3.05, 3.63) is 36.7 Å². The number of nitrogens with two attached hydrogens (primary N) is 1. The molecule has 0 amide bonds. The Morgan fingerprint density at radius 2 is 2.06 bits per heavy atom. The molecule has 1 atom stereocenters. The molecule has 4 heterocycles. The Kier molecular flexibility index (Phi) is 4.80. The molecule has 0 bridgehead atoms. The zero-order valence-electron chi connectivity index (χ0n) is 17.8. The van der Waals surface area contributed by atoms with Crippen LogP contribution in [0.15, 0.2) is 36.7 Å². The third kappa shape index (κ3) is 3.46. The second kappa shape index (κ2) is 7.80. The van der Waals surface area contributed by atoms with Crippen LogP contribution in [-0.4, -0.2) is 59.9 Å². The van der Waals surface area contributed by atoms with Crippen molar-refractivity contribution in [2.24, 2.45) is 11.7 Å². The van der Waals surface area contributed by atoms with E-state index in [0.717, 1.165) is 79.5 Å². The van der Waals surface area contributed by atoms with Gasteiger partial charge in [-0.05, 0) is 43.7 Å². The molecular weight excluding hydrogens is 388 g/mol. The SMILES string of the molecule is NC1CCC(CN2C[C@@H]3COCCN3c3nc(-c4cccc5[nH]ccc45)ncc32)CC1. The van der Waals surface area contributed by atoms with E-state index in [2.05, 4.69) is 39.0 Å². The Bertz CT molecular complexity index is 1070. The zero-order chi connectivity index (χ0) is 20.8. The van der Waals surface area contributed by atoms with E-state index in [0.29, 0.717) is 18.0 Å². The smallest absolute Gasteiger partial charge is 0.162 e. The molecule has 7 nitrogen and oxygen atoms in total. The van der Waals surface area contributed by atoms with Crippen molar-refractivity contribution in [1.29, 1.82) is 0 Å². The summed E-state index contributed by atoms with van der Waals surface area (Å²) in [6.45, 7) is 4.43. The molecule has 31 heavy (non-hydrogen) atoms. The minimum Gasteiger partial charge on any atom is -0.377 e. The molecule has 7 heteroatoms. The molecule has 6 rings (SSSR count). The fourth-order valence-corrected chi connectivity index (χ4v) is 5.50. The van der Waals surface area contributed by atoms with Gasteiger partial charge in [-0.3, -0.25) is 0 Å². The maximum Gasteiger partial charge on any atom is 0.162 e. The molecule has 162 valence electrons. The van der Waals surface area contributed by atoms with Crippen LogP contribution in [0.5, 0.6) is 0 Å². The summed E-state index contributed by atoms with van der Waals surface area (Å²) in [5.41, 5.74) is 9.49. The van der Waals surface area contributed by atoms with Crippen molar-refractivity contribution in [3.8, 4) is 11.4 Å². The predicted octanol–water partition coefficient (Wildman–Crippen LogP) is 3.17. The lowest BCUT2D eigenvalue weighted by Gasteiger charge is -2.46. The van der Waals surface area contributed by atoms with Crippen LogP contribution in [-0.2, 0) is 4.74 Å². The van der Waals surface area contributed by atoms with Crippen LogP contribution in [0.1, 0.15) is 25.7 Å². The molecule has 2 aromatic heterocycles. The Morgan fingerprint density at radius 1 is 1.16 bits per heavy atom. The number of H-pyrrole nitrogens is 1. The number of hydrogen-bond acceptors (Lipinski definition) is 6. The molecule has 1 aromatic carbocycles. The van der Waals surface area contributed by atoms with Gasteiger partial charge in [-0.1, -0.05) is 12.1 Å². The first-order chi connectivity index (χ1) is 15.3. The first kappa shape index (κ1) is 19.1. The first-order valence-electron chi connectivity index (χ1n) is 11.5. The summed E-state index contributed by atoms with van der Waals surface area (Å²) in [4.78, 5) is 18.2. The van der Waals surface area contributed by atoms with Crippen molar-refractivity contribution in [2.45, 2.75) is 37.8 Å². The monoisotopic (exact) mass is 418 g/mol. The summed E-state index contributed by atoms with van der Waals surface area (Å²) in [6.07, 6.45) is 8.73. The van der Waals surface area contributed by atoms with E-state index in [4.69, 9.17) is 20.4 Å². The largest absolute Gasteiger partial charge is 0.377 e. The van der Waals surface area contributed by atoms with Crippen LogP contribution < -0.4 is 15.5 Å². The molecule has 0 radical (unpaired) electrons.